The molecule has 0 unspecified atom stereocenters. The Hall–Kier alpha value is -2.36. The monoisotopic (exact) mass is 433 g/mol. The van der Waals surface area contributed by atoms with Crippen LogP contribution in [0.15, 0.2) is 52.3 Å². The molecule has 1 fully saturated rings. The first kappa shape index (κ1) is 21.4. The van der Waals surface area contributed by atoms with Crippen LogP contribution in [0.25, 0.3) is 0 Å². The van der Waals surface area contributed by atoms with Crippen molar-refractivity contribution < 1.29 is 18.0 Å². The Bertz CT molecular complexity index is 1040. The standard InChI is InChI=1S/C20H23N3O4S2/c1-14(24)22-18-12-17(8-9-19(18)28-2)29(26,27)21-13-15-5-3-6-16(11-15)23-10-4-7-20(23)25/h3,5-6,8-9,11-12,21H,4,7,10,13H2,1-2H3,(H,22,24). The smallest absolute Gasteiger partial charge is 0.240 e. The van der Waals surface area contributed by atoms with Crippen LogP contribution in [0.2, 0.25) is 0 Å². The number of nitrogens with zero attached hydrogens (tertiary/aromatic N) is 1. The van der Waals surface area contributed by atoms with Gasteiger partial charge in [0.25, 0.3) is 0 Å². The Balaban J connectivity index is 1.76. The molecule has 1 aliphatic heterocycles. The van der Waals surface area contributed by atoms with E-state index in [0.29, 0.717) is 18.7 Å². The Kier molecular flexibility index (Phi) is 6.61. The van der Waals surface area contributed by atoms with E-state index in [4.69, 9.17) is 0 Å². The molecule has 9 heteroatoms. The van der Waals surface area contributed by atoms with Crippen molar-refractivity contribution in [1.29, 1.82) is 0 Å². The summed E-state index contributed by atoms with van der Waals surface area (Å²) in [6.45, 7) is 2.15. The number of amides is 2. The highest BCUT2D eigenvalue weighted by atomic mass is 32.2. The lowest BCUT2D eigenvalue weighted by molar-refractivity contribution is -0.117. The van der Waals surface area contributed by atoms with Crippen LogP contribution >= 0.6 is 11.8 Å². The van der Waals surface area contributed by atoms with Crippen molar-refractivity contribution in [3.63, 3.8) is 0 Å². The van der Waals surface area contributed by atoms with Crippen molar-refractivity contribution in [3.05, 3.63) is 48.0 Å². The number of hydrogen-bond donors (Lipinski definition) is 2. The van der Waals surface area contributed by atoms with Gasteiger partial charge in [-0.25, -0.2) is 13.1 Å². The Morgan fingerprint density at radius 1 is 1.21 bits per heavy atom. The van der Waals surface area contributed by atoms with Crippen LogP contribution in [0, 0.1) is 0 Å². The highest BCUT2D eigenvalue weighted by molar-refractivity contribution is 7.98. The average molecular weight is 434 g/mol. The van der Waals surface area contributed by atoms with Gasteiger partial charge in [0.2, 0.25) is 21.8 Å². The van der Waals surface area contributed by atoms with Crippen LogP contribution < -0.4 is 14.9 Å². The molecule has 2 aromatic carbocycles. The van der Waals surface area contributed by atoms with E-state index < -0.39 is 10.0 Å². The molecule has 1 heterocycles. The molecule has 2 amide bonds. The third-order valence-electron chi connectivity index (χ3n) is 4.55. The molecule has 2 aromatic rings. The number of benzene rings is 2. The second kappa shape index (κ2) is 8.98. The summed E-state index contributed by atoms with van der Waals surface area (Å²) in [6.07, 6.45) is 3.23. The molecule has 1 saturated heterocycles. The van der Waals surface area contributed by atoms with E-state index in [-0.39, 0.29) is 23.3 Å². The quantitative estimate of drug-likeness (QED) is 0.655. The number of thioether (sulfide) groups is 1. The number of nitrogens with one attached hydrogen (secondary N) is 2. The largest absolute Gasteiger partial charge is 0.325 e. The first-order valence-corrected chi connectivity index (χ1v) is 11.9. The molecule has 0 radical (unpaired) electrons. The minimum Gasteiger partial charge on any atom is -0.325 e. The predicted octanol–water partition coefficient (Wildman–Crippen LogP) is 2.97. The molecular formula is C20H23N3O4S2. The van der Waals surface area contributed by atoms with Gasteiger partial charge in [0, 0.05) is 37.0 Å². The van der Waals surface area contributed by atoms with Gasteiger partial charge in [-0.3, -0.25) is 9.59 Å². The van der Waals surface area contributed by atoms with E-state index in [1.807, 2.05) is 30.5 Å². The van der Waals surface area contributed by atoms with Gasteiger partial charge in [-0.2, -0.15) is 0 Å². The number of rotatable bonds is 7. The fraction of sp³-hybridized carbons (Fsp3) is 0.300. The molecule has 0 saturated carbocycles. The highest BCUT2D eigenvalue weighted by Crippen LogP contribution is 2.28. The normalized spacial score (nSPS) is 14.3. The Morgan fingerprint density at radius 3 is 2.66 bits per heavy atom. The van der Waals surface area contributed by atoms with Crippen LogP contribution in [0.4, 0.5) is 11.4 Å². The molecule has 0 bridgehead atoms. The van der Waals surface area contributed by atoms with Crippen molar-refractivity contribution in [2.45, 2.75) is 36.1 Å². The lowest BCUT2D eigenvalue weighted by atomic mass is 10.2. The number of carbonyl (C=O) groups excluding carboxylic acids is 2. The number of carbonyl (C=O) groups is 2. The van der Waals surface area contributed by atoms with Crippen molar-refractivity contribution in [2.24, 2.45) is 0 Å². The summed E-state index contributed by atoms with van der Waals surface area (Å²) >= 11 is 1.42. The zero-order valence-electron chi connectivity index (χ0n) is 16.3. The van der Waals surface area contributed by atoms with Crippen LogP contribution in [0.3, 0.4) is 0 Å². The zero-order chi connectivity index (χ0) is 21.0. The van der Waals surface area contributed by atoms with Gasteiger partial charge in [0.15, 0.2) is 0 Å². The molecule has 0 spiro atoms. The molecular weight excluding hydrogens is 410 g/mol. The van der Waals surface area contributed by atoms with Gasteiger partial charge in [-0.05, 0) is 48.6 Å². The molecule has 3 rings (SSSR count). The molecule has 7 nitrogen and oxygen atoms in total. The van der Waals surface area contributed by atoms with Gasteiger partial charge < -0.3 is 10.2 Å². The Labute approximate surface area is 174 Å². The third kappa shape index (κ3) is 5.17. The summed E-state index contributed by atoms with van der Waals surface area (Å²) in [4.78, 5) is 25.9. The highest BCUT2D eigenvalue weighted by Gasteiger charge is 2.22. The summed E-state index contributed by atoms with van der Waals surface area (Å²) < 4.78 is 28.1. The molecule has 0 aromatic heterocycles. The van der Waals surface area contributed by atoms with Gasteiger partial charge >= 0.3 is 0 Å². The average Bonchev–Trinajstić information content (AvgIpc) is 3.12. The molecule has 29 heavy (non-hydrogen) atoms. The SMILES string of the molecule is CSc1ccc(S(=O)(=O)NCc2cccc(N3CCCC3=O)c2)cc1NC(C)=O. The number of hydrogen-bond acceptors (Lipinski definition) is 5. The summed E-state index contributed by atoms with van der Waals surface area (Å²) in [5.41, 5.74) is 2.00. The Morgan fingerprint density at radius 2 is 2.00 bits per heavy atom. The van der Waals surface area contributed by atoms with Crippen molar-refractivity contribution in [1.82, 2.24) is 4.72 Å². The van der Waals surface area contributed by atoms with E-state index in [0.717, 1.165) is 22.6 Å². The second-order valence-corrected chi connectivity index (χ2v) is 9.30. The summed E-state index contributed by atoms with van der Waals surface area (Å²) in [7, 11) is -3.78. The molecule has 2 N–H and O–H groups in total. The molecule has 1 aliphatic rings. The van der Waals surface area contributed by atoms with E-state index in [2.05, 4.69) is 10.0 Å². The zero-order valence-corrected chi connectivity index (χ0v) is 17.9. The fourth-order valence-electron chi connectivity index (χ4n) is 3.16. The van der Waals surface area contributed by atoms with Crippen LogP contribution in [-0.2, 0) is 26.2 Å². The number of sulfonamides is 1. The summed E-state index contributed by atoms with van der Waals surface area (Å²) in [5.74, 6) is -0.182. The van der Waals surface area contributed by atoms with Gasteiger partial charge in [0.05, 0.1) is 10.6 Å². The number of anilines is 2. The third-order valence-corrected chi connectivity index (χ3v) is 6.75. The van der Waals surface area contributed by atoms with Crippen molar-refractivity contribution >= 4 is 45.0 Å². The van der Waals surface area contributed by atoms with Crippen LogP contribution in [0.5, 0.6) is 0 Å². The maximum absolute atomic E-state index is 12.7. The lowest BCUT2D eigenvalue weighted by Gasteiger charge is -2.17. The van der Waals surface area contributed by atoms with Crippen molar-refractivity contribution in [2.75, 3.05) is 23.0 Å². The topological polar surface area (TPSA) is 95.6 Å². The lowest BCUT2D eigenvalue weighted by Crippen LogP contribution is -2.25. The van der Waals surface area contributed by atoms with Crippen LogP contribution in [-0.4, -0.2) is 33.0 Å². The van der Waals surface area contributed by atoms with E-state index in [1.165, 1.54) is 30.8 Å². The van der Waals surface area contributed by atoms with Crippen LogP contribution in [0.1, 0.15) is 25.3 Å². The van der Waals surface area contributed by atoms with Gasteiger partial charge in [-0.1, -0.05) is 12.1 Å². The van der Waals surface area contributed by atoms with E-state index in [9.17, 15) is 18.0 Å². The predicted molar refractivity (Wildman–Crippen MR) is 115 cm³/mol. The summed E-state index contributed by atoms with van der Waals surface area (Å²) in [5, 5.41) is 2.66. The fourth-order valence-corrected chi connectivity index (χ4v) is 4.74. The van der Waals surface area contributed by atoms with Gasteiger partial charge in [-0.15, -0.1) is 11.8 Å². The maximum atomic E-state index is 12.7. The van der Waals surface area contributed by atoms with Crippen molar-refractivity contribution in [3.8, 4) is 0 Å². The molecule has 0 aliphatic carbocycles. The van der Waals surface area contributed by atoms with E-state index in [1.54, 1.807) is 11.0 Å². The minimum atomic E-state index is -3.78. The molecule has 0 atom stereocenters. The van der Waals surface area contributed by atoms with E-state index >= 15 is 0 Å². The summed E-state index contributed by atoms with van der Waals surface area (Å²) in [6, 6.07) is 11.9. The second-order valence-electron chi connectivity index (χ2n) is 6.69. The first-order valence-electron chi connectivity index (χ1n) is 9.15. The first-order chi connectivity index (χ1) is 13.8. The molecule has 154 valence electrons. The maximum Gasteiger partial charge on any atom is 0.240 e. The van der Waals surface area contributed by atoms with Gasteiger partial charge in [0.1, 0.15) is 0 Å². The minimum absolute atomic E-state index is 0.0740.